The van der Waals surface area contributed by atoms with Crippen molar-refractivity contribution in [2.75, 3.05) is 24.5 Å². The summed E-state index contributed by atoms with van der Waals surface area (Å²) in [5.41, 5.74) is 1.15. The summed E-state index contributed by atoms with van der Waals surface area (Å²) in [6.45, 7) is 4.30. The maximum Gasteiger partial charge on any atom is 0.312 e. The van der Waals surface area contributed by atoms with E-state index in [2.05, 4.69) is 17.1 Å². The number of carboxylic acids is 1. The molecule has 5 heteroatoms. The molecule has 0 aliphatic heterocycles. The molecule has 1 amide bonds. The van der Waals surface area contributed by atoms with Crippen molar-refractivity contribution in [1.29, 1.82) is 0 Å². The molecule has 1 aromatic carbocycles. The van der Waals surface area contributed by atoms with E-state index < -0.39 is 18.3 Å². The molecule has 0 saturated heterocycles. The van der Waals surface area contributed by atoms with Crippen LogP contribution in [0.15, 0.2) is 30.3 Å². The minimum absolute atomic E-state index is 0.435. The number of nitrogens with zero attached hydrogens (tertiary/aromatic N) is 1. The first-order valence-corrected chi connectivity index (χ1v) is 6.42. The van der Waals surface area contributed by atoms with Crippen LogP contribution in [0.25, 0.3) is 0 Å². The van der Waals surface area contributed by atoms with Gasteiger partial charge in [-0.15, -0.1) is 0 Å². The quantitative estimate of drug-likeness (QED) is 0.551. The molecule has 0 saturated carbocycles. The van der Waals surface area contributed by atoms with Crippen LogP contribution >= 0.6 is 0 Å². The number of carbonyl (C=O) groups is 2. The van der Waals surface area contributed by atoms with E-state index in [-0.39, 0.29) is 0 Å². The average molecular weight is 264 g/mol. The van der Waals surface area contributed by atoms with Gasteiger partial charge in [0.1, 0.15) is 6.42 Å². The smallest absolute Gasteiger partial charge is 0.312 e. The minimum Gasteiger partial charge on any atom is -0.481 e. The summed E-state index contributed by atoms with van der Waals surface area (Å²) in [6.07, 6.45) is 0.324. The second-order valence-corrected chi connectivity index (χ2v) is 4.19. The van der Waals surface area contributed by atoms with E-state index in [4.69, 9.17) is 5.11 Å². The molecule has 5 nitrogen and oxygen atoms in total. The van der Waals surface area contributed by atoms with Gasteiger partial charge in [0.25, 0.3) is 0 Å². The number of anilines is 1. The standard InChI is InChI=1S/C14H20N2O3/c1-2-16(12-7-4-3-5-8-12)10-6-9-15-13(17)11-14(18)19/h3-5,7-8H,2,6,9-11H2,1H3,(H,15,17)(H,18,19). The molecule has 0 heterocycles. The lowest BCUT2D eigenvalue weighted by Crippen LogP contribution is -2.30. The third-order valence-electron chi connectivity index (χ3n) is 2.74. The lowest BCUT2D eigenvalue weighted by molar-refractivity contribution is -0.140. The SMILES string of the molecule is CCN(CCCNC(=O)CC(=O)O)c1ccccc1. The van der Waals surface area contributed by atoms with Crippen LogP contribution in [0.5, 0.6) is 0 Å². The summed E-state index contributed by atoms with van der Waals surface area (Å²) in [6, 6.07) is 10.1. The fraction of sp³-hybridized carbons (Fsp3) is 0.429. The Bertz CT molecular complexity index is 406. The number of amides is 1. The zero-order valence-corrected chi connectivity index (χ0v) is 11.1. The highest BCUT2D eigenvalue weighted by Gasteiger charge is 2.07. The van der Waals surface area contributed by atoms with Crippen LogP contribution in [0.4, 0.5) is 5.69 Å². The molecule has 0 bridgehead atoms. The van der Waals surface area contributed by atoms with Crippen LogP contribution in [0.3, 0.4) is 0 Å². The van der Waals surface area contributed by atoms with Gasteiger partial charge in [0.2, 0.25) is 5.91 Å². The lowest BCUT2D eigenvalue weighted by Gasteiger charge is -2.23. The Morgan fingerprint density at radius 3 is 2.53 bits per heavy atom. The fourth-order valence-electron chi connectivity index (χ4n) is 1.81. The van der Waals surface area contributed by atoms with E-state index in [0.29, 0.717) is 6.54 Å². The van der Waals surface area contributed by atoms with Gasteiger partial charge in [-0.1, -0.05) is 18.2 Å². The van der Waals surface area contributed by atoms with E-state index in [1.807, 2.05) is 30.3 Å². The zero-order valence-electron chi connectivity index (χ0n) is 11.1. The highest BCUT2D eigenvalue weighted by molar-refractivity contribution is 5.93. The molecule has 2 N–H and O–H groups in total. The van der Waals surface area contributed by atoms with Crippen molar-refractivity contribution in [3.05, 3.63) is 30.3 Å². The van der Waals surface area contributed by atoms with Crippen LogP contribution in [-0.2, 0) is 9.59 Å². The monoisotopic (exact) mass is 264 g/mol. The molecule has 104 valence electrons. The Hall–Kier alpha value is -2.04. The van der Waals surface area contributed by atoms with Crippen LogP contribution in [0.2, 0.25) is 0 Å². The van der Waals surface area contributed by atoms with Gasteiger partial charge in [0.15, 0.2) is 0 Å². The third kappa shape index (κ3) is 5.90. The van der Waals surface area contributed by atoms with Crippen LogP contribution < -0.4 is 10.2 Å². The second-order valence-electron chi connectivity index (χ2n) is 4.19. The summed E-state index contributed by atoms with van der Waals surface area (Å²) in [7, 11) is 0. The Labute approximate surface area is 113 Å². The molecule has 19 heavy (non-hydrogen) atoms. The predicted molar refractivity (Wildman–Crippen MR) is 74.2 cm³/mol. The first-order chi connectivity index (χ1) is 9.13. The van der Waals surface area contributed by atoms with Crippen molar-refractivity contribution >= 4 is 17.6 Å². The molecule has 1 rings (SSSR count). The first kappa shape index (κ1) is 15.0. The molecule has 0 atom stereocenters. The molecular weight excluding hydrogens is 244 g/mol. The van der Waals surface area contributed by atoms with E-state index in [1.54, 1.807) is 0 Å². The molecule has 0 fully saturated rings. The van der Waals surface area contributed by atoms with Crippen molar-refractivity contribution in [3.8, 4) is 0 Å². The van der Waals surface area contributed by atoms with Crippen LogP contribution in [0, 0.1) is 0 Å². The maximum absolute atomic E-state index is 11.1. The van der Waals surface area contributed by atoms with Gasteiger partial charge in [-0.05, 0) is 25.5 Å². The number of carbonyl (C=O) groups excluding carboxylic acids is 1. The largest absolute Gasteiger partial charge is 0.481 e. The van der Waals surface area contributed by atoms with E-state index >= 15 is 0 Å². The number of para-hydroxylation sites is 1. The van der Waals surface area contributed by atoms with Crippen LogP contribution in [0.1, 0.15) is 19.8 Å². The molecule has 0 aromatic heterocycles. The summed E-state index contributed by atoms with van der Waals surface area (Å²) in [5, 5.41) is 11.0. The summed E-state index contributed by atoms with van der Waals surface area (Å²) in [4.78, 5) is 23.7. The number of carboxylic acid groups (broad SMARTS) is 1. The average Bonchev–Trinajstić information content (AvgIpc) is 2.39. The Kier molecular flexibility index (Phi) is 6.43. The van der Waals surface area contributed by atoms with Gasteiger partial charge < -0.3 is 15.3 Å². The van der Waals surface area contributed by atoms with Gasteiger partial charge in [0.05, 0.1) is 0 Å². The molecule has 0 aliphatic rings. The van der Waals surface area contributed by atoms with Gasteiger partial charge in [-0.25, -0.2) is 0 Å². The van der Waals surface area contributed by atoms with E-state index in [9.17, 15) is 9.59 Å². The van der Waals surface area contributed by atoms with E-state index in [1.165, 1.54) is 0 Å². The minimum atomic E-state index is -1.10. The first-order valence-electron chi connectivity index (χ1n) is 6.42. The van der Waals surface area contributed by atoms with Crippen molar-refractivity contribution in [3.63, 3.8) is 0 Å². The second kappa shape index (κ2) is 8.13. The Morgan fingerprint density at radius 1 is 1.26 bits per heavy atom. The highest BCUT2D eigenvalue weighted by Crippen LogP contribution is 2.12. The van der Waals surface area contributed by atoms with Crippen molar-refractivity contribution in [1.82, 2.24) is 5.32 Å². The van der Waals surface area contributed by atoms with Gasteiger partial charge >= 0.3 is 5.97 Å². The number of rotatable bonds is 8. The molecule has 0 radical (unpaired) electrons. The van der Waals surface area contributed by atoms with Gasteiger partial charge in [0, 0.05) is 25.3 Å². The number of benzene rings is 1. The maximum atomic E-state index is 11.1. The van der Waals surface area contributed by atoms with Crippen molar-refractivity contribution in [2.45, 2.75) is 19.8 Å². The highest BCUT2D eigenvalue weighted by atomic mass is 16.4. The van der Waals surface area contributed by atoms with Gasteiger partial charge in [-0.2, -0.15) is 0 Å². The summed E-state index contributed by atoms with van der Waals surface area (Å²) in [5.74, 6) is -1.53. The molecule has 1 aromatic rings. The van der Waals surface area contributed by atoms with Crippen molar-refractivity contribution in [2.24, 2.45) is 0 Å². The number of aliphatic carboxylic acids is 1. The molecular formula is C14H20N2O3. The van der Waals surface area contributed by atoms with Crippen LogP contribution in [-0.4, -0.2) is 36.6 Å². The Morgan fingerprint density at radius 2 is 1.95 bits per heavy atom. The van der Waals surface area contributed by atoms with Crippen molar-refractivity contribution < 1.29 is 14.7 Å². The topological polar surface area (TPSA) is 69.6 Å². The summed E-state index contributed by atoms with van der Waals surface area (Å²) >= 11 is 0. The summed E-state index contributed by atoms with van der Waals surface area (Å²) < 4.78 is 0. The normalized spacial score (nSPS) is 9.95. The molecule has 0 aliphatic carbocycles. The van der Waals surface area contributed by atoms with E-state index in [0.717, 1.165) is 25.2 Å². The number of hydrogen-bond donors (Lipinski definition) is 2. The number of hydrogen-bond acceptors (Lipinski definition) is 3. The Balaban J connectivity index is 2.27. The third-order valence-corrected chi connectivity index (χ3v) is 2.74. The zero-order chi connectivity index (χ0) is 14.1. The fourth-order valence-corrected chi connectivity index (χ4v) is 1.81. The molecule has 0 unspecified atom stereocenters. The van der Waals surface area contributed by atoms with Gasteiger partial charge in [-0.3, -0.25) is 9.59 Å². The predicted octanol–water partition coefficient (Wildman–Crippen LogP) is 1.49. The molecule has 0 spiro atoms. The lowest BCUT2D eigenvalue weighted by atomic mass is 10.2. The number of nitrogens with one attached hydrogen (secondary N) is 1.